The summed E-state index contributed by atoms with van der Waals surface area (Å²) in [5.41, 5.74) is 6.52. The van der Waals surface area contributed by atoms with Gasteiger partial charge in [0.25, 0.3) is 0 Å². The molecule has 1 atom stereocenters. The second kappa shape index (κ2) is 6.79. The molecule has 1 aliphatic rings. The van der Waals surface area contributed by atoms with Gasteiger partial charge in [-0.3, -0.25) is 10.1 Å². The van der Waals surface area contributed by atoms with Crippen molar-refractivity contribution in [1.82, 2.24) is 10.2 Å². The third-order valence-electron chi connectivity index (χ3n) is 3.17. The molecule has 1 aromatic rings. The number of rotatable bonds is 5. The highest BCUT2D eigenvalue weighted by molar-refractivity contribution is 5.97. The van der Waals surface area contributed by atoms with Crippen LogP contribution in [0.1, 0.15) is 12.5 Å². The van der Waals surface area contributed by atoms with E-state index in [0.29, 0.717) is 25.4 Å². The fraction of sp³-hybridized carbons (Fsp3) is 0.357. The molecular weight excluding hydrogens is 288 g/mol. The van der Waals surface area contributed by atoms with Crippen molar-refractivity contribution in [3.63, 3.8) is 0 Å². The number of nitrogens with two attached hydrogens (primary N) is 1. The lowest BCUT2D eigenvalue weighted by atomic mass is 10.1. The SMILES string of the molecule is C[C@H](Nc1cccc(CN2CCOC2=O)c1)C(=O)NC(N)=O. The van der Waals surface area contributed by atoms with Crippen LogP contribution in [0.4, 0.5) is 15.3 Å². The highest BCUT2D eigenvalue weighted by Crippen LogP contribution is 2.15. The van der Waals surface area contributed by atoms with Gasteiger partial charge in [0.15, 0.2) is 0 Å². The monoisotopic (exact) mass is 306 g/mol. The Morgan fingerprint density at radius 1 is 1.45 bits per heavy atom. The molecule has 1 saturated heterocycles. The van der Waals surface area contributed by atoms with E-state index in [1.54, 1.807) is 17.9 Å². The second-order valence-electron chi connectivity index (χ2n) is 4.96. The normalized spacial score (nSPS) is 15.1. The van der Waals surface area contributed by atoms with Crippen LogP contribution in [-0.2, 0) is 16.1 Å². The largest absolute Gasteiger partial charge is 0.448 e. The number of hydrogen-bond donors (Lipinski definition) is 3. The van der Waals surface area contributed by atoms with Gasteiger partial charge in [-0.2, -0.15) is 0 Å². The molecule has 22 heavy (non-hydrogen) atoms. The number of nitrogens with one attached hydrogen (secondary N) is 2. The summed E-state index contributed by atoms with van der Waals surface area (Å²) >= 11 is 0. The quantitative estimate of drug-likeness (QED) is 0.738. The molecular formula is C14H18N4O4. The second-order valence-corrected chi connectivity index (χ2v) is 4.96. The average Bonchev–Trinajstić information content (AvgIpc) is 2.84. The molecule has 4 amide bonds. The number of carbonyl (C=O) groups is 3. The third kappa shape index (κ3) is 4.11. The van der Waals surface area contributed by atoms with Gasteiger partial charge < -0.3 is 20.7 Å². The molecule has 1 aliphatic heterocycles. The number of primary amides is 1. The minimum atomic E-state index is -0.889. The van der Waals surface area contributed by atoms with E-state index < -0.39 is 18.0 Å². The maximum atomic E-state index is 11.6. The van der Waals surface area contributed by atoms with E-state index in [0.717, 1.165) is 5.56 Å². The predicted octanol–water partition coefficient (Wildman–Crippen LogP) is 0.634. The Bertz CT molecular complexity index is 590. The summed E-state index contributed by atoms with van der Waals surface area (Å²) in [4.78, 5) is 35.3. The molecule has 1 fully saturated rings. The Balaban J connectivity index is 1.97. The van der Waals surface area contributed by atoms with Crippen molar-refractivity contribution in [3.05, 3.63) is 29.8 Å². The maximum absolute atomic E-state index is 11.6. The standard InChI is InChI=1S/C14H18N4O4/c1-9(12(19)17-13(15)20)16-11-4-2-3-10(7-11)8-18-5-6-22-14(18)21/h2-4,7,9,16H,5-6,8H2,1H3,(H3,15,17,19,20)/t9-/m0/s1. The Hall–Kier alpha value is -2.77. The smallest absolute Gasteiger partial charge is 0.410 e. The van der Waals surface area contributed by atoms with Crippen molar-refractivity contribution < 1.29 is 19.1 Å². The van der Waals surface area contributed by atoms with Crippen LogP contribution < -0.4 is 16.4 Å². The van der Waals surface area contributed by atoms with Crippen molar-refractivity contribution in [2.75, 3.05) is 18.5 Å². The van der Waals surface area contributed by atoms with Crippen LogP contribution in [-0.4, -0.2) is 42.1 Å². The summed E-state index contributed by atoms with van der Waals surface area (Å²) in [7, 11) is 0. The van der Waals surface area contributed by atoms with Gasteiger partial charge in [-0.25, -0.2) is 9.59 Å². The molecule has 0 aromatic heterocycles. The van der Waals surface area contributed by atoms with Crippen LogP contribution >= 0.6 is 0 Å². The van der Waals surface area contributed by atoms with Crippen LogP contribution in [0.2, 0.25) is 0 Å². The number of benzene rings is 1. The number of cyclic esters (lactones) is 1. The highest BCUT2D eigenvalue weighted by Gasteiger charge is 2.22. The van der Waals surface area contributed by atoms with Crippen molar-refractivity contribution in [2.24, 2.45) is 5.73 Å². The number of imide groups is 1. The van der Waals surface area contributed by atoms with Gasteiger partial charge in [-0.05, 0) is 24.6 Å². The van der Waals surface area contributed by atoms with Crippen LogP contribution in [0.15, 0.2) is 24.3 Å². The average molecular weight is 306 g/mol. The van der Waals surface area contributed by atoms with Gasteiger partial charge in [0.05, 0.1) is 6.54 Å². The van der Waals surface area contributed by atoms with Crippen molar-refractivity contribution in [1.29, 1.82) is 0 Å². The fourth-order valence-electron chi connectivity index (χ4n) is 2.09. The first-order valence-corrected chi connectivity index (χ1v) is 6.83. The maximum Gasteiger partial charge on any atom is 0.410 e. The number of carbonyl (C=O) groups excluding carboxylic acids is 3. The van der Waals surface area contributed by atoms with Crippen molar-refractivity contribution >= 4 is 23.7 Å². The Morgan fingerprint density at radius 3 is 2.86 bits per heavy atom. The number of ether oxygens (including phenoxy) is 1. The van der Waals surface area contributed by atoms with E-state index >= 15 is 0 Å². The molecule has 8 nitrogen and oxygen atoms in total. The first-order valence-electron chi connectivity index (χ1n) is 6.83. The summed E-state index contributed by atoms with van der Waals surface area (Å²) in [6.45, 7) is 3.02. The summed E-state index contributed by atoms with van der Waals surface area (Å²) in [6, 6.07) is 5.81. The van der Waals surface area contributed by atoms with Crippen molar-refractivity contribution in [3.8, 4) is 0 Å². The predicted molar refractivity (Wildman–Crippen MR) is 79.0 cm³/mol. The van der Waals surface area contributed by atoms with Gasteiger partial charge in [0, 0.05) is 12.2 Å². The number of hydrogen-bond acceptors (Lipinski definition) is 5. The van der Waals surface area contributed by atoms with E-state index in [1.807, 2.05) is 23.5 Å². The molecule has 2 rings (SSSR count). The van der Waals surface area contributed by atoms with E-state index in [1.165, 1.54) is 0 Å². The topological polar surface area (TPSA) is 114 Å². The lowest BCUT2D eigenvalue weighted by Gasteiger charge is -2.16. The van der Waals surface area contributed by atoms with Gasteiger partial charge in [0.2, 0.25) is 5.91 Å². The molecule has 0 radical (unpaired) electrons. The van der Waals surface area contributed by atoms with E-state index in [-0.39, 0.29) is 6.09 Å². The lowest BCUT2D eigenvalue weighted by molar-refractivity contribution is -0.120. The zero-order valence-corrected chi connectivity index (χ0v) is 12.2. The Labute approximate surface area is 127 Å². The molecule has 0 spiro atoms. The summed E-state index contributed by atoms with van der Waals surface area (Å²) in [5.74, 6) is -0.513. The molecule has 8 heteroatoms. The highest BCUT2D eigenvalue weighted by atomic mass is 16.6. The molecule has 4 N–H and O–H groups in total. The minimum Gasteiger partial charge on any atom is -0.448 e. The molecule has 0 saturated carbocycles. The Morgan fingerprint density at radius 2 is 2.23 bits per heavy atom. The Kier molecular flexibility index (Phi) is 4.82. The lowest BCUT2D eigenvalue weighted by Crippen LogP contribution is -2.43. The number of nitrogens with zero attached hydrogens (tertiary/aromatic N) is 1. The van der Waals surface area contributed by atoms with Crippen LogP contribution in [0, 0.1) is 0 Å². The van der Waals surface area contributed by atoms with Crippen LogP contribution in [0.3, 0.4) is 0 Å². The first kappa shape index (κ1) is 15.6. The van der Waals surface area contributed by atoms with Gasteiger partial charge in [0.1, 0.15) is 12.6 Å². The zero-order chi connectivity index (χ0) is 16.1. The third-order valence-corrected chi connectivity index (χ3v) is 3.17. The molecule has 0 aliphatic carbocycles. The minimum absolute atomic E-state index is 0.326. The van der Waals surface area contributed by atoms with E-state index in [4.69, 9.17) is 10.5 Å². The van der Waals surface area contributed by atoms with Gasteiger partial charge in [-0.1, -0.05) is 12.1 Å². The summed E-state index contributed by atoms with van der Waals surface area (Å²) < 4.78 is 4.88. The van der Waals surface area contributed by atoms with Gasteiger partial charge >= 0.3 is 12.1 Å². The van der Waals surface area contributed by atoms with E-state index in [9.17, 15) is 14.4 Å². The van der Waals surface area contributed by atoms with Gasteiger partial charge in [-0.15, -0.1) is 0 Å². The zero-order valence-electron chi connectivity index (χ0n) is 12.2. The summed E-state index contributed by atoms with van der Waals surface area (Å²) in [5, 5.41) is 4.98. The van der Waals surface area contributed by atoms with Crippen LogP contribution in [0.5, 0.6) is 0 Å². The number of anilines is 1. The molecule has 118 valence electrons. The number of urea groups is 1. The molecule has 1 heterocycles. The molecule has 0 unspecified atom stereocenters. The first-order chi connectivity index (χ1) is 10.5. The number of amides is 4. The van der Waals surface area contributed by atoms with Crippen LogP contribution in [0.25, 0.3) is 0 Å². The molecule has 1 aromatic carbocycles. The van der Waals surface area contributed by atoms with Crippen molar-refractivity contribution in [2.45, 2.75) is 19.5 Å². The summed E-state index contributed by atoms with van der Waals surface area (Å²) in [6.07, 6.45) is -0.326. The molecule has 0 bridgehead atoms. The fourth-order valence-corrected chi connectivity index (χ4v) is 2.09. The van der Waals surface area contributed by atoms with E-state index in [2.05, 4.69) is 5.32 Å².